The molecule has 1 aliphatic heterocycles. The number of halogens is 1. The molecule has 30 heavy (non-hydrogen) atoms. The number of amides is 2. The van der Waals surface area contributed by atoms with E-state index < -0.39 is 0 Å². The van der Waals surface area contributed by atoms with Gasteiger partial charge in [-0.25, -0.2) is 0 Å². The second-order valence-corrected chi connectivity index (χ2v) is 8.32. The van der Waals surface area contributed by atoms with Crippen LogP contribution in [-0.4, -0.2) is 50.6 Å². The van der Waals surface area contributed by atoms with Crippen LogP contribution < -0.4 is 14.8 Å². The summed E-state index contributed by atoms with van der Waals surface area (Å²) < 4.78 is 11.5. The molecule has 160 valence electrons. The minimum Gasteiger partial charge on any atom is -0.493 e. The molecule has 1 N–H and O–H groups in total. The maximum Gasteiger partial charge on any atom is 0.251 e. The number of hydrogen-bond donors (Lipinski definition) is 1. The largest absolute Gasteiger partial charge is 0.493 e. The number of methoxy groups -OCH3 is 2. The van der Waals surface area contributed by atoms with Gasteiger partial charge in [-0.3, -0.25) is 9.59 Å². The summed E-state index contributed by atoms with van der Waals surface area (Å²) in [6.07, 6.45) is 2.20. The average molecular weight is 475 g/mol. The third-order valence-electron chi connectivity index (χ3n) is 5.43. The van der Waals surface area contributed by atoms with Crippen LogP contribution in [-0.2, 0) is 11.2 Å². The Morgan fingerprint density at radius 2 is 1.70 bits per heavy atom. The highest BCUT2D eigenvalue weighted by Crippen LogP contribution is 2.27. The van der Waals surface area contributed by atoms with Crippen molar-refractivity contribution in [2.75, 3.05) is 33.9 Å². The molecular formula is C23H27BrN2O4. The van der Waals surface area contributed by atoms with Crippen molar-refractivity contribution in [3.8, 4) is 11.5 Å². The number of nitrogens with one attached hydrogen (secondary N) is 1. The van der Waals surface area contributed by atoms with E-state index in [1.807, 2.05) is 29.2 Å². The number of carbonyl (C=O) groups is 2. The van der Waals surface area contributed by atoms with Crippen LogP contribution in [0.5, 0.6) is 11.5 Å². The minimum absolute atomic E-state index is 0.135. The molecule has 0 bridgehead atoms. The smallest absolute Gasteiger partial charge is 0.251 e. The summed E-state index contributed by atoms with van der Waals surface area (Å²) >= 11 is 3.41. The lowest BCUT2D eigenvalue weighted by molar-refractivity contribution is -0.131. The van der Waals surface area contributed by atoms with E-state index >= 15 is 0 Å². The first-order chi connectivity index (χ1) is 14.5. The van der Waals surface area contributed by atoms with E-state index in [9.17, 15) is 9.59 Å². The first-order valence-electron chi connectivity index (χ1n) is 10.0. The number of nitrogens with zero attached hydrogens (tertiary/aromatic N) is 1. The fraction of sp³-hybridized carbons (Fsp3) is 0.391. The fourth-order valence-electron chi connectivity index (χ4n) is 3.59. The predicted molar refractivity (Wildman–Crippen MR) is 119 cm³/mol. The highest BCUT2D eigenvalue weighted by atomic mass is 79.9. The summed E-state index contributed by atoms with van der Waals surface area (Å²) in [4.78, 5) is 27.0. The normalized spacial score (nSPS) is 14.3. The van der Waals surface area contributed by atoms with E-state index in [4.69, 9.17) is 9.47 Å². The van der Waals surface area contributed by atoms with Gasteiger partial charge in [-0.05, 0) is 54.7 Å². The van der Waals surface area contributed by atoms with Crippen molar-refractivity contribution < 1.29 is 19.1 Å². The van der Waals surface area contributed by atoms with E-state index in [2.05, 4.69) is 21.2 Å². The molecule has 0 aromatic heterocycles. The van der Waals surface area contributed by atoms with Crippen molar-refractivity contribution in [3.05, 3.63) is 58.1 Å². The Labute approximate surface area is 185 Å². The lowest BCUT2D eigenvalue weighted by Gasteiger charge is -2.32. The zero-order chi connectivity index (χ0) is 21.5. The van der Waals surface area contributed by atoms with Gasteiger partial charge in [-0.15, -0.1) is 0 Å². The Hall–Kier alpha value is -2.54. The van der Waals surface area contributed by atoms with Crippen molar-refractivity contribution in [3.63, 3.8) is 0 Å². The van der Waals surface area contributed by atoms with Crippen molar-refractivity contribution in [1.29, 1.82) is 0 Å². The summed E-state index contributed by atoms with van der Waals surface area (Å²) in [6.45, 7) is 2.06. The van der Waals surface area contributed by atoms with Crippen LogP contribution in [0.15, 0.2) is 46.9 Å². The summed E-state index contributed by atoms with van der Waals surface area (Å²) in [5.41, 5.74) is 1.56. The molecule has 6 nitrogen and oxygen atoms in total. The lowest BCUT2D eigenvalue weighted by Crippen LogP contribution is -2.42. The molecule has 0 spiro atoms. The van der Waals surface area contributed by atoms with E-state index in [-0.39, 0.29) is 11.8 Å². The summed E-state index contributed by atoms with van der Waals surface area (Å²) in [7, 11) is 3.11. The molecule has 1 heterocycles. The van der Waals surface area contributed by atoms with Crippen LogP contribution >= 0.6 is 15.9 Å². The third-order valence-corrected chi connectivity index (χ3v) is 5.96. The SMILES string of the molecule is COc1ccc(C(=O)NCC2CCN(C(=O)Cc3ccc(Br)cc3)CC2)cc1OC. The van der Waals surface area contributed by atoms with E-state index in [0.717, 1.165) is 36.0 Å². The number of likely N-dealkylation sites (tertiary alicyclic amines) is 1. The average Bonchev–Trinajstić information content (AvgIpc) is 2.78. The van der Waals surface area contributed by atoms with Gasteiger partial charge in [0.1, 0.15) is 0 Å². The molecular weight excluding hydrogens is 448 g/mol. The first-order valence-corrected chi connectivity index (χ1v) is 10.8. The Balaban J connectivity index is 1.45. The number of hydrogen-bond acceptors (Lipinski definition) is 4. The van der Waals surface area contributed by atoms with Crippen molar-refractivity contribution in [1.82, 2.24) is 10.2 Å². The molecule has 0 radical (unpaired) electrons. The Morgan fingerprint density at radius 1 is 1.03 bits per heavy atom. The molecule has 1 aliphatic rings. The Bertz CT molecular complexity index is 877. The Morgan fingerprint density at radius 3 is 2.33 bits per heavy atom. The molecule has 2 aromatic carbocycles. The highest BCUT2D eigenvalue weighted by molar-refractivity contribution is 9.10. The second kappa shape index (κ2) is 10.5. The van der Waals surface area contributed by atoms with Gasteiger partial charge in [0.15, 0.2) is 11.5 Å². The maximum atomic E-state index is 12.5. The molecule has 2 aromatic rings. The minimum atomic E-state index is -0.135. The van der Waals surface area contributed by atoms with Crippen molar-refractivity contribution >= 4 is 27.7 Å². The van der Waals surface area contributed by atoms with Crippen LogP contribution in [0.1, 0.15) is 28.8 Å². The fourth-order valence-corrected chi connectivity index (χ4v) is 3.86. The highest BCUT2D eigenvalue weighted by Gasteiger charge is 2.23. The van der Waals surface area contributed by atoms with Gasteiger partial charge in [0.2, 0.25) is 5.91 Å². The number of ether oxygens (including phenoxy) is 2. The third kappa shape index (κ3) is 5.75. The molecule has 1 saturated heterocycles. The van der Waals surface area contributed by atoms with Gasteiger partial charge in [-0.2, -0.15) is 0 Å². The van der Waals surface area contributed by atoms with Crippen LogP contribution in [0.2, 0.25) is 0 Å². The van der Waals surface area contributed by atoms with Crippen LogP contribution in [0, 0.1) is 5.92 Å². The topological polar surface area (TPSA) is 67.9 Å². The predicted octanol–water partition coefficient (Wildman–Crippen LogP) is 3.68. The molecule has 0 atom stereocenters. The summed E-state index contributed by atoms with van der Waals surface area (Å²) in [5.74, 6) is 1.51. The lowest BCUT2D eigenvalue weighted by atomic mass is 9.96. The van der Waals surface area contributed by atoms with Crippen molar-refractivity contribution in [2.45, 2.75) is 19.3 Å². The van der Waals surface area contributed by atoms with Crippen LogP contribution in [0.25, 0.3) is 0 Å². The molecule has 2 amide bonds. The summed E-state index contributed by atoms with van der Waals surface area (Å²) in [5, 5.41) is 3.00. The molecule has 0 aliphatic carbocycles. The molecule has 7 heteroatoms. The molecule has 3 rings (SSSR count). The van der Waals surface area contributed by atoms with Gasteiger partial charge in [0.25, 0.3) is 5.91 Å². The van der Waals surface area contributed by atoms with Gasteiger partial charge in [-0.1, -0.05) is 28.1 Å². The molecule has 0 unspecified atom stereocenters. The van der Waals surface area contributed by atoms with Gasteiger partial charge in [0, 0.05) is 29.7 Å². The van der Waals surface area contributed by atoms with Crippen LogP contribution in [0.3, 0.4) is 0 Å². The summed E-state index contributed by atoms with van der Waals surface area (Å²) in [6, 6.07) is 13.0. The van der Waals surface area contributed by atoms with Gasteiger partial charge in [0.05, 0.1) is 20.6 Å². The second-order valence-electron chi connectivity index (χ2n) is 7.41. The maximum absolute atomic E-state index is 12.5. The van der Waals surface area contributed by atoms with Crippen LogP contribution in [0.4, 0.5) is 0 Å². The molecule has 1 fully saturated rings. The van der Waals surface area contributed by atoms with Crippen molar-refractivity contribution in [2.24, 2.45) is 5.92 Å². The van der Waals surface area contributed by atoms with E-state index in [0.29, 0.717) is 35.9 Å². The zero-order valence-corrected chi connectivity index (χ0v) is 18.9. The van der Waals surface area contributed by atoms with E-state index in [1.54, 1.807) is 32.4 Å². The van der Waals surface area contributed by atoms with Gasteiger partial charge < -0.3 is 19.7 Å². The quantitative estimate of drug-likeness (QED) is 0.664. The van der Waals surface area contributed by atoms with E-state index in [1.165, 1.54) is 0 Å². The first kappa shape index (κ1) is 22.2. The number of carbonyl (C=O) groups excluding carboxylic acids is 2. The standard InChI is InChI=1S/C23H27BrN2O4/c1-29-20-8-5-18(14-21(20)30-2)23(28)25-15-17-9-11-26(12-10-17)22(27)13-16-3-6-19(24)7-4-16/h3-8,14,17H,9-13,15H2,1-2H3,(H,25,28). The van der Waals surface area contributed by atoms with Gasteiger partial charge >= 0.3 is 0 Å². The zero-order valence-electron chi connectivity index (χ0n) is 17.3. The number of benzene rings is 2. The number of piperidine rings is 1. The monoisotopic (exact) mass is 474 g/mol. The molecule has 0 saturated carbocycles. The number of rotatable bonds is 7. The Kier molecular flexibility index (Phi) is 7.74.